The number of rotatable bonds is 4. The van der Waals surface area contributed by atoms with E-state index in [1.54, 1.807) is 16.4 Å². The summed E-state index contributed by atoms with van der Waals surface area (Å²) in [7, 11) is -0.691. The molecule has 1 aromatic rings. The fourth-order valence-corrected chi connectivity index (χ4v) is 7.44. The fourth-order valence-electron chi connectivity index (χ4n) is 5.84. The van der Waals surface area contributed by atoms with E-state index in [1.165, 1.54) is 38.5 Å². The minimum Gasteiger partial charge on any atom is -0.412 e. The zero-order chi connectivity index (χ0) is 21.8. The summed E-state index contributed by atoms with van der Waals surface area (Å²) in [6.07, 6.45) is 10.8. The monoisotopic (exact) mass is 459 g/mol. The van der Waals surface area contributed by atoms with Gasteiger partial charge in [-0.3, -0.25) is 9.11 Å². The van der Waals surface area contributed by atoms with Gasteiger partial charge in [0, 0.05) is 21.5 Å². The smallest absolute Gasteiger partial charge is 0.0752 e. The molecule has 0 radical (unpaired) electrons. The van der Waals surface area contributed by atoms with Crippen molar-refractivity contribution in [2.75, 3.05) is 26.7 Å². The van der Waals surface area contributed by atoms with Gasteiger partial charge in [-0.15, -0.1) is 10.8 Å². The van der Waals surface area contributed by atoms with Crippen molar-refractivity contribution < 1.29 is 17.4 Å². The lowest BCUT2D eigenvalue weighted by Gasteiger charge is -2.47. The van der Waals surface area contributed by atoms with Crippen LogP contribution in [0.2, 0.25) is 0 Å². The molecule has 0 spiro atoms. The van der Waals surface area contributed by atoms with E-state index in [-0.39, 0.29) is 8.33 Å². The molecule has 3 fully saturated rings. The molecule has 31 heavy (non-hydrogen) atoms. The van der Waals surface area contributed by atoms with Crippen LogP contribution in [0.15, 0.2) is 29.2 Å². The van der Waals surface area contributed by atoms with Crippen LogP contribution in [-0.4, -0.2) is 51.1 Å². The number of aryl methyl sites for hydroxylation is 1. The summed E-state index contributed by atoms with van der Waals surface area (Å²) >= 11 is 0. The Morgan fingerprint density at radius 3 is 2.55 bits per heavy atom. The van der Waals surface area contributed by atoms with Crippen LogP contribution >= 0.6 is 10.8 Å². The largest absolute Gasteiger partial charge is 0.412 e. The highest BCUT2D eigenvalue weighted by Gasteiger charge is 2.40. The summed E-state index contributed by atoms with van der Waals surface area (Å²) < 4.78 is 22.7. The molecule has 4 rings (SSSR count). The Bertz CT molecular complexity index is 679. The molecule has 1 aromatic carbocycles. The van der Waals surface area contributed by atoms with Crippen molar-refractivity contribution >= 4 is 10.8 Å². The Morgan fingerprint density at radius 2 is 1.90 bits per heavy atom. The molecule has 2 aliphatic carbocycles. The van der Waals surface area contributed by atoms with Crippen molar-refractivity contribution in [1.82, 2.24) is 9.62 Å². The van der Waals surface area contributed by atoms with Gasteiger partial charge in [0.2, 0.25) is 0 Å². The highest BCUT2D eigenvalue weighted by Crippen LogP contribution is 2.52. The molecule has 6 nitrogen and oxygen atoms in total. The third kappa shape index (κ3) is 6.67. The summed E-state index contributed by atoms with van der Waals surface area (Å²) in [5.41, 5.74) is 7.35. The third-order valence-corrected chi connectivity index (χ3v) is 9.42. The van der Waals surface area contributed by atoms with Gasteiger partial charge in [0.25, 0.3) is 0 Å². The number of benzene rings is 1. The topological polar surface area (TPSA) is 113 Å². The molecule has 0 amide bonds. The summed E-state index contributed by atoms with van der Waals surface area (Å²) in [6, 6.07) is 7.43. The maximum absolute atomic E-state index is 10.4. The lowest BCUT2D eigenvalue weighted by atomic mass is 9.64. The molecule has 7 N–H and O–H groups in total. The van der Waals surface area contributed by atoms with E-state index in [2.05, 4.69) is 19.3 Å². The van der Waals surface area contributed by atoms with Crippen LogP contribution in [0.25, 0.3) is 0 Å². The first kappa shape index (κ1) is 26.6. The van der Waals surface area contributed by atoms with Crippen LogP contribution in [0.3, 0.4) is 0 Å². The van der Waals surface area contributed by atoms with Crippen molar-refractivity contribution in [2.24, 2.45) is 23.5 Å². The molecule has 1 saturated heterocycles. The van der Waals surface area contributed by atoms with Gasteiger partial charge in [-0.25, -0.2) is 4.31 Å². The summed E-state index contributed by atoms with van der Waals surface area (Å²) in [5.74, 6) is 2.36. The van der Waals surface area contributed by atoms with Gasteiger partial charge in [0.1, 0.15) is 0 Å². The Morgan fingerprint density at radius 1 is 1.19 bits per heavy atom. The van der Waals surface area contributed by atoms with Crippen molar-refractivity contribution in [3.05, 3.63) is 29.8 Å². The molecule has 2 bridgehead atoms. The van der Waals surface area contributed by atoms with Gasteiger partial charge in [-0.05, 0) is 88.9 Å². The lowest BCUT2D eigenvalue weighted by Crippen LogP contribution is -2.51. The van der Waals surface area contributed by atoms with E-state index in [0.29, 0.717) is 29.4 Å². The number of nitrogens with two attached hydrogens (primary N) is 1. The standard InChI is InChI=1S/C13H22N2O2S.C11H21N.H2O.2H2/c1-11-4-6-13(7-5-11)18(16,17)15-8-2-3-12(9-14)10-15;1-9-6-10-4-3-5-11(7-9,8-10)12-2;;;/h4-7,12,16-17H,2-3,8-10,14H2,1H3;9-10,12H,3-8H2,1-2H3;1H2;2*1H/t;9-,10-,11-;;;/m.0.../s1. The van der Waals surface area contributed by atoms with Gasteiger partial charge in [-0.2, -0.15) is 0 Å². The first-order valence-electron chi connectivity index (χ1n) is 11.8. The van der Waals surface area contributed by atoms with Gasteiger partial charge in [-0.1, -0.05) is 37.5 Å². The first-order chi connectivity index (χ1) is 14.3. The Balaban J connectivity index is 0.000000603. The highest BCUT2D eigenvalue weighted by molar-refractivity contribution is 8.22. The number of hydrogen-bond acceptors (Lipinski definition) is 5. The molecular weight excluding hydrogens is 410 g/mol. The zero-order valence-corrected chi connectivity index (χ0v) is 20.5. The third-order valence-electron chi connectivity index (χ3n) is 7.46. The van der Waals surface area contributed by atoms with E-state index in [0.717, 1.165) is 36.8 Å². The number of hydrogen-bond donors (Lipinski definition) is 4. The van der Waals surface area contributed by atoms with Crippen LogP contribution < -0.4 is 11.1 Å². The summed E-state index contributed by atoms with van der Waals surface area (Å²) in [6.45, 7) is 6.42. The molecule has 4 atom stereocenters. The normalized spacial score (nSPS) is 31.7. The lowest BCUT2D eigenvalue weighted by molar-refractivity contribution is 0.0907. The van der Waals surface area contributed by atoms with Crippen LogP contribution in [0.4, 0.5) is 0 Å². The van der Waals surface area contributed by atoms with E-state index in [9.17, 15) is 9.11 Å². The molecule has 1 heterocycles. The van der Waals surface area contributed by atoms with Gasteiger partial charge < -0.3 is 16.5 Å². The molecule has 1 unspecified atom stereocenters. The number of fused-ring (bicyclic) bond motifs is 2. The zero-order valence-electron chi connectivity index (χ0n) is 19.6. The molecular formula is C24H49N3O3S. The predicted molar refractivity (Wildman–Crippen MR) is 136 cm³/mol. The quantitative estimate of drug-likeness (QED) is 0.510. The van der Waals surface area contributed by atoms with Crippen molar-refractivity contribution in [3.63, 3.8) is 0 Å². The van der Waals surface area contributed by atoms with Gasteiger partial charge in [0.15, 0.2) is 0 Å². The fraction of sp³-hybridized carbons (Fsp3) is 0.750. The average molecular weight is 460 g/mol. The number of nitrogens with zero attached hydrogens (tertiary/aromatic N) is 1. The van der Waals surface area contributed by atoms with E-state index in [1.807, 2.05) is 19.1 Å². The summed E-state index contributed by atoms with van der Waals surface area (Å²) in [4.78, 5) is 0.603. The maximum Gasteiger partial charge on any atom is 0.0752 e. The molecule has 3 aliphatic rings. The van der Waals surface area contributed by atoms with Crippen LogP contribution in [0, 0.1) is 24.7 Å². The van der Waals surface area contributed by atoms with Crippen LogP contribution in [0.1, 0.15) is 66.7 Å². The van der Waals surface area contributed by atoms with E-state index in [4.69, 9.17) is 5.73 Å². The van der Waals surface area contributed by atoms with Gasteiger partial charge >= 0.3 is 0 Å². The molecule has 7 heteroatoms. The molecule has 0 aromatic heterocycles. The van der Waals surface area contributed by atoms with Crippen LogP contribution in [0.5, 0.6) is 0 Å². The number of nitrogens with one attached hydrogen (secondary N) is 1. The minimum atomic E-state index is -2.84. The van der Waals surface area contributed by atoms with Crippen molar-refractivity contribution in [3.8, 4) is 0 Å². The second-order valence-electron chi connectivity index (χ2n) is 10.0. The minimum absolute atomic E-state index is 0. The van der Waals surface area contributed by atoms with Gasteiger partial charge in [0.05, 0.1) is 4.90 Å². The SMILES string of the molecule is CN[C@@]12CCC[C@@H](C[C@H](C)C1)C2.Cc1ccc(S(O)(O)N2CCCC(CN)C2)cc1.O.[HH].[HH]. The average Bonchev–Trinajstić information content (AvgIpc) is 2.74. The van der Waals surface area contributed by atoms with Crippen molar-refractivity contribution in [2.45, 2.75) is 75.6 Å². The number of piperidine rings is 1. The maximum atomic E-state index is 10.4. The van der Waals surface area contributed by atoms with E-state index >= 15 is 0 Å². The van der Waals surface area contributed by atoms with Crippen molar-refractivity contribution in [1.29, 1.82) is 0 Å². The Labute approximate surface area is 193 Å². The van der Waals surface area contributed by atoms with E-state index < -0.39 is 10.8 Å². The summed E-state index contributed by atoms with van der Waals surface area (Å²) in [5, 5.41) is 3.58. The van der Waals surface area contributed by atoms with Crippen LogP contribution in [-0.2, 0) is 0 Å². The Hall–Kier alpha value is -0.670. The molecule has 2 saturated carbocycles. The molecule has 184 valence electrons. The highest BCUT2D eigenvalue weighted by atomic mass is 32.3. The Kier molecular flexibility index (Phi) is 9.82. The second kappa shape index (κ2) is 11.5. The predicted octanol–water partition coefficient (Wildman–Crippen LogP) is 4.92. The molecule has 1 aliphatic heterocycles. The second-order valence-corrected chi connectivity index (χ2v) is 12.0. The first-order valence-corrected chi connectivity index (χ1v) is 13.3.